The zero-order valence-corrected chi connectivity index (χ0v) is 27.5. The fourth-order valence-corrected chi connectivity index (χ4v) is 8.48. The maximum atomic E-state index is 14.5. The van der Waals surface area contributed by atoms with Crippen LogP contribution in [0.5, 0.6) is 5.75 Å². The molecule has 2 aromatic carbocycles. The summed E-state index contributed by atoms with van der Waals surface area (Å²) in [4.78, 5) is 42.3. The number of phenolic OH excluding ortho intramolecular Hbond substituents is 1. The molecule has 240 valence electrons. The number of nitrogens with zero attached hydrogens (tertiary/aromatic N) is 1. The lowest BCUT2D eigenvalue weighted by Crippen LogP contribution is -2.70. The van der Waals surface area contributed by atoms with Gasteiger partial charge >= 0.3 is 0 Å². The third-order valence-electron chi connectivity index (χ3n) is 9.06. The van der Waals surface area contributed by atoms with Crippen molar-refractivity contribution in [3.05, 3.63) is 74.0 Å². The number of benzene rings is 2. The lowest BCUT2D eigenvalue weighted by atomic mass is 9.54. The van der Waals surface area contributed by atoms with Gasteiger partial charge in [0.25, 0.3) is 5.91 Å². The Kier molecular flexibility index (Phi) is 8.38. The minimum absolute atomic E-state index is 0.0503. The molecule has 0 bridgehead atoms. The number of fused-ring (bicyclic) bond motifs is 3. The summed E-state index contributed by atoms with van der Waals surface area (Å²) in [6.45, 7) is 5.58. The topological polar surface area (TPSA) is 182 Å². The number of aliphatic hydroxyl groups is 4. The van der Waals surface area contributed by atoms with Crippen molar-refractivity contribution in [3.8, 4) is 5.75 Å². The summed E-state index contributed by atoms with van der Waals surface area (Å²) in [6, 6.07) is 7.02. The van der Waals surface area contributed by atoms with Crippen LogP contribution in [0.1, 0.15) is 43.4 Å². The zero-order valence-electron chi connectivity index (χ0n) is 25.1. The van der Waals surface area contributed by atoms with E-state index in [0.29, 0.717) is 26.1 Å². The van der Waals surface area contributed by atoms with Crippen LogP contribution in [0.15, 0.2) is 52.1 Å². The van der Waals surface area contributed by atoms with Gasteiger partial charge in [0, 0.05) is 33.6 Å². The molecule has 1 amide bonds. The fourth-order valence-electron chi connectivity index (χ4n) is 6.99. The number of hydrogen-bond acceptors (Lipinski definition) is 10. The second-order valence-corrected chi connectivity index (χ2v) is 14.8. The van der Waals surface area contributed by atoms with Crippen molar-refractivity contribution >= 4 is 58.2 Å². The van der Waals surface area contributed by atoms with Gasteiger partial charge in [0.15, 0.2) is 11.4 Å². The quantitative estimate of drug-likeness (QED) is 0.201. The summed E-state index contributed by atoms with van der Waals surface area (Å²) in [7, 11) is 2.92. The number of nitrogens with two attached hydrogens (primary N) is 1. The molecule has 7 N–H and O–H groups in total. The number of amides is 1. The van der Waals surface area contributed by atoms with E-state index in [2.05, 4.69) is 0 Å². The molecule has 2 aromatic rings. The number of phenols is 1. The Morgan fingerprint density at radius 3 is 2.27 bits per heavy atom. The van der Waals surface area contributed by atoms with Crippen LogP contribution >= 0.6 is 35.0 Å². The maximum Gasteiger partial charge on any atom is 0.255 e. The summed E-state index contributed by atoms with van der Waals surface area (Å²) >= 11 is 13.7. The fraction of sp³-hybridized carbons (Fsp3) is 0.406. The Balaban J connectivity index is 1.78. The van der Waals surface area contributed by atoms with Gasteiger partial charge in [-0.05, 0) is 43.3 Å². The van der Waals surface area contributed by atoms with Crippen LogP contribution in [0.2, 0.25) is 10.0 Å². The molecule has 45 heavy (non-hydrogen) atoms. The van der Waals surface area contributed by atoms with E-state index >= 15 is 0 Å². The summed E-state index contributed by atoms with van der Waals surface area (Å²) in [5.74, 6) is -9.24. The van der Waals surface area contributed by atoms with Crippen molar-refractivity contribution in [3.63, 3.8) is 0 Å². The van der Waals surface area contributed by atoms with Crippen LogP contribution in [-0.2, 0) is 19.8 Å². The molecule has 0 heterocycles. The molecule has 4 unspecified atom stereocenters. The second kappa shape index (κ2) is 11.3. The smallest absolute Gasteiger partial charge is 0.255 e. The minimum atomic E-state index is -3.00. The van der Waals surface area contributed by atoms with Crippen LogP contribution in [0.25, 0.3) is 5.76 Å². The highest BCUT2D eigenvalue weighted by Gasteiger charge is 2.68. The van der Waals surface area contributed by atoms with Crippen LogP contribution in [0.3, 0.4) is 0 Å². The SMILES string of the molecule is CN(C)[C@@H]1C(=O)C(C(N)=O)=C(O)[C@@]2(O)C(=O)C3=C(O)c4c(ccc(C(C)(C)C)c4O)C(CSc4ccc(Cl)c(Cl)c4)C3C(O)C12. The number of aromatic hydroxyl groups is 1. The highest BCUT2D eigenvalue weighted by Crippen LogP contribution is 2.57. The van der Waals surface area contributed by atoms with Gasteiger partial charge in [0.05, 0.1) is 33.7 Å². The van der Waals surface area contributed by atoms with Gasteiger partial charge in [-0.3, -0.25) is 19.3 Å². The molecule has 0 spiro atoms. The molecule has 1 fully saturated rings. The number of halogens is 2. The molecule has 0 radical (unpaired) electrons. The minimum Gasteiger partial charge on any atom is -0.508 e. The lowest BCUT2D eigenvalue weighted by molar-refractivity contribution is -0.169. The first-order valence-corrected chi connectivity index (χ1v) is 15.9. The number of rotatable bonds is 5. The number of likely N-dealkylation sites (N-methyl/N-ethyl adjacent to an activating group) is 1. The van der Waals surface area contributed by atoms with Crippen LogP contribution in [0, 0.1) is 11.8 Å². The standard InChI is InChI=1S/C32H34Cl2N2O8S/c1-31(2,3)15-8-7-13-14(11-45-12-6-9-16(33)17(34)10-12)18-20(25(38)19(13)24(15)37)28(41)32(44)22(26(18)39)23(36(4)5)27(40)21(29(32)42)30(35)43/h6-10,14,18,22-23,26,37-39,42,44H,11H2,1-5H3,(H2,35,43)/t14?,18?,22?,23-,26?,32-/m0/s1. The Morgan fingerprint density at radius 2 is 1.71 bits per heavy atom. The van der Waals surface area contributed by atoms with Gasteiger partial charge in [-0.1, -0.05) is 56.1 Å². The Bertz CT molecular complexity index is 1720. The van der Waals surface area contributed by atoms with E-state index in [1.54, 1.807) is 30.3 Å². The molecule has 13 heteroatoms. The second-order valence-electron chi connectivity index (χ2n) is 12.9. The average Bonchev–Trinajstić information content (AvgIpc) is 2.93. The third-order valence-corrected chi connectivity index (χ3v) is 10.9. The molecule has 0 aliphatic heterocycles. The highest BCUT2D eigenvalue weighted by molar-refractivity contribution is 7.99. The Hall–Kier alpha value is -3.06. The summed E-state index contributed by atoms with van der Waals surface area (Å²) < 4.78 is 0. The molecule has 1 saturated carbocycles. The van der Waals surface area contributed by atoms with E-state index in [-0.39, 0.29) is 17.1 Å². The molecular weight excluding hydrogens is 643 g/mol. The van der Waals surface area contributed by atoms with Gasteiger partial charge in [-0.2, -0.15) is 0 Å². The van der Waals surface area contributed by atoms with Crippen molar-refractivity contribution in [1.82, 2.24) is 4.90 Å². The molecular formula is C32H34Cl2N2O8S. The molecule has 0 aromatic heterocycles. The van der Waals surface area contributed by atoms with Crippen LogP contribution in [-0.4, -0.2) is 85.5 Å². The maximum absolute atomic E-state index is 14.5. The van der Waals surface area contributed by atoms with E-state index < -0.39 is 81.1 Å². The summed E-state index contributed by atoms with van der Waals surface area (Å²) in [6.07, 6.45) is -1.71. The summed E-state index contributed by atoms with van der Waals surface area (Å²) in [5.41, 5.74) is 1.27. The average molecular weight is 678 g/mol. The summed E-state index contributed by atoms with van der Waals surface area (Å²) in [5, 5.41) is 59.2. The number of carbonyl (C=O) groups excluding carboxylic acids is 3. The molecule has 6 atom stereocenters. The molecule has 3 aliphatic rings. The van der Waals surface area contributed by atoms with Gasteiger partial charge in [0.2, 0.25) is 5.78 Å². The van der Waals surface area contributed by atoms with Crippen molar-refractivity contribution < 1.29 is 39.9 Å². The largest absolute Gasteiger partial charge is 0.508 e. The number of carbonyl (C=O) groups is 3. The first-order chi connectivity index (χ1) is 20.8. The number of aliphatic hydroxyl groups excluding tert-OH is 3. The predicted molar refractivity (Wildman–Crippen MR) is 171 cm³/mol. The van der Waals surface area contributed by atoms with E-state index in [9.17, 15) is 39.9 Å². The van der Waals surface area contributed by atoms with Crippen molar-refractivity contribution in [2.45, 2.75) is 54.7 Å². The Morgan fingerprint density at radius 1 is 1.07 bits per heavy atom. The molecule has 5 rings (SSSR count). The van der Waals surface area contributed by atoms with Gasteiger partial charge in [-0.25, -0.2) is 0 Å². The lowest BCUT2D eigenvalue weighted by Gasteiger charge is -2.54. The van der Waals surface area contributed by atoms with Gasteiger partial charge < -0.3 is 31.3 Å². The molecule has 0 saturated heterocycles. The Labute approximate surface area is 274 Å². The van der Waals surface area contributed by atoms with Crippen molar-refractivity contribution in [2.24, 2.45) is 17.6 Å². The monoisotopic (exact) mass is 676 g/mol. The zero-order chi connectivity index (χ0) is 33.5. The van der Waals surface area contributed by atoms with E-state index in [0.717, 1.165) is 0 Å². The number of primary amides is 1. The number of hydrogen-bond donors (Lipinski definition) is 6. The normalized spacial score (nSPS) is 28.3. The van der Waals surface area contributed by atoms with Crippen molar-refractivity contribution in [1.29, 1.82) is 0 Å². The van der Waals surface area contributed by atoms with E-state index in [1.165, 1.54) is 30.8 Å². The third kappa shape index (κ3) is 4.95. The number of Topliss-reactive ketones (excluding diaryl/α,β-unsaturated/α-hetero) is 2. The van der Waals surface area contributed by atoms with Crippen molar-refractivity contribution in [2.75, 3.05) is 19.8 Å². The first-order valence-electron chi connectivity index (χ1n) is 14.1. The molecule has 3 aliphatic carbocycles. The van der Waals surface area contributed by atoms with E-state index in [1.807, 2.05) is 20.8 Å². The molecule has 10 nitrogen and oxygen atoms in total. The predicted octanol–water partition coefficient (Wildman–Crippen LogP) is 3.87. The van der Waals surface area contributed by atoms with Gasteiger partial charge in [0.1, 0.15) is 22.8 Å². The van der Waals surface area contributed by atoms with Crippen LogP contribution < -0.4 is 5.73 Å². The first kappa shape index (κ1) is 33.3. The number of thioether (sulfide) groups is 1. The van der Waals surface area contributed by atoms with E-state index in [4.69, 9.17) is 28.9 Å². The van der Waals surface area contributed by atoms with Gasteiger partial charge in [-0.15, -0.1) is 11.8 Å². The highest BCUT2D eigenvalue weighted by atomic mass is 35.5. The number of ketones is 2. The van der Waals surface area contributed by atoms with Crippen LogP contribution in [0.4, 0.5) is 0 Å².